The quantitative estimate of drug-likeness (QED) is 0.762. The van der Waals surface area contributed by atoms with Gasteiger partial charge in [0, 0.05) is 0 Å². The van der Waals surface area contributed by atoms with Gasteiger partial charge in [0.25, 0.3) is 0 Å². The highest BCUT2D eigenvalue weighted by molar-refractivity contribution is 9.10. The number of hydrogen-bond donors (Lipinski definition) is 1. The second kappa shape index (κ2) is 4.89. The Kier molecular flexibility index (Phi) is 3.79. The van der Waals surface area contributed by atoms with Gasteiger partial charge < -0.3 is 5.11 Å². The lowest BCUT2D eigenvalue weighted by molar-refractivity contribution is -0.0738. The van der Waals surface area contributed by atoms with Crippen molar-refractivity contribution < 1.29 is 13.9 Å². The van der Waals surface area contributed by atoms with Crippen LogP contribution in [0.1, 0.15) is 38.7 Å². The lowest BCUT2D eigenvalue weighted by atomic mass is 9.67. The summed E-state index contributed by atoms with van der Waals surface area (Å²) in [6, 6.07) is 2.53. The summed E-state index contributed by atoms with van der Waals surface area (Å²) in [4.78, 5) is 0. The molecule has 1 aliphatic rings. The van der Waals surface area contributed by atoms with E-state index < -0.39 is 17.2 Å². The first-order valence-corrected chi connectivity index (χ1v) is 7.03. The van der Waals surface area contributed by atoms with Crippen molar-refractivity contribution in [2.45, 2.75) is 38.7 Å². The van der Waals surface area contributed by atoms with Crippen molar-refractivity contribution in [1.82, 2.24) is 0 Å². The number of halogens is 3. The molecule has 0 bridgehead atoms. The van der Waals surface area contributed by atoms with Crippen LogP contribution in [0.4, 0.5) is 8.78 Å². The highest BCUT2D eigenvalue weighted by Crippen LogP contribution is 2.46. The van der Waals surface area contributed by atoms with E-state index in [0.717, 1.165) is 12.8 Å². The average molecular weight is 319 g/mol. The predicted octanol–water partition coefficient (Wildman–Crippen LogP) is 4.37. The van der Waals surface area contributed by atoms with Crippen LogP contribution in [-0.2, 0) is 5.60 Å². The van der Waals surface area contributed by atoms with Crippen LogP contribution in [0.2, 0.25) is 0 Å². The average Bonchev–Trinajstić information content (AvgIpc) is 2.31. The number of rotatable bonds is 1. The molecule has 1 N–H and O–H groups in total. The SMILES string of the molecule is CC1CCCC(O)(c2c(F)ccc(Br)c2F)C1C. The molecule has 0 radical (unpaired) electrons. The summed E-state index contributed by atoms with van der Waals surface area (Å²) in [6.45, 7) is 3.88. The Morgan fingerprint density at radius 1 is 1.33 bits per heavy atom. The Morgan fingerprint density at radius 3 is 2.67 bits per heavy atom. The molecule has 3 unspecified atom stereocenters. The normalized spacial score (nSPS) is 32.6. The fourth-order valence-corrected chi connectivity index (χ4v) is 3.25. The van der Waals surface area contributed by atoms with Gasteiger partial charge in [0.2, 0.25) is 0 Å². The van der Waals surface area contributed by atoms with E-state index in [4.69, 9.17) is 0 Å². The van der Waals surface area contributed by atoms with Crippen LogP contribution < -0.4 is 0 Å². The summed E-state index contributed by atoms with van der Waals surface area (Å²) >= 11 is 3.05. The predicted molar refractivity (Wildman–Crippen MR) is 70.1 cm³/mol. The summed E-state index contributed by atoms with van der Waals surface area (Å²) in [5.41, 5.74) is -1.59. The van der Waals surface area contributed by atoms with Crippen LogP contribution in [0, 0.1) is 23.5 Å². The van der Waals surface area contributed by atoms with Gasteiger partial charge in [0.1, 0.15) is 11.6 Å². The zero-order valence-electron chi connectivity index (χ0n) is 10.5. The van der Waals surface area contributed by atoms with Crippen molar-refractivity contribution >= 4 is 15.9 Å². The van der Waals surface area contributed by atoms with E-state index in [0.29, 0.717) is 6.42 Å². The first-order valence-electron chi connectivity index (χ1n) is 6.24. The summed E-state index contributed by atoms with van der Waals surface area (Å²) in [5.74, 6) is -1.26. The highest BCUT2D eigenvalue weighted by atomic mass is 79.9. The maximum absolute atomic E-state index is 14.1. The third-order valence-electron chi connectivity index (χ3n) is 4.30. The van der Waals surface area contributed by atoms with Crippen molar-refractivity contribution in [2.24, 2.45) is 11.8 Å². The fraction of sp³-hybridized carbons (Fsp3) is 0.571. The smallest absolute Gasteiger partial charge is 0.146 e. The minimum Gasteiger partial charge on any atom is -0.385 e. The second-order valence-electron chi connectivity index (χ2n) is 5.30. The molecule has 0 aromatic heterocycles. The molecule has 18 heavy (non-hydrogen) atoms. The Balaban J connectivity index is 2.56. The maximum atomic E-state index is 14.1. The molecule has 100 valence electrons. The largest absolute Gasteiger partial charge is 0.385 e. The van der Waals surface area contributed by atoms with Gasteiger partial charge in [-0.1, -0.05) is 20.3 Å². The molecular formula is C14H17BrF2O. The number of hydrogen-bond acceptors (Lipinski definition) is 1. The second-order valence-corrected chi connectivity index (χ2v) is 6.15. The summed E-state index contributed by atoms with van der Waals surface area (Å²) in [5, 5.41) is 10.8. The van der Waals surface area contributed by atoms with E-state index in [2.05, 4.69) is 15.9 Å². The van der Waals surface area contributed by atoms with E-state index in [1.54, 1.807) is 0 Å². The van der Waals surface area contributed by atoms with E-state index in [1.807, 2.05) is 13.8 Å². The zero-order valence-corrected chi connectivity index (χ0v) is 12.1. The monoisotopic (exact) mass is 318 g/mol. The molecule has 4 heteroatoms. The van der Waals surface area contributed by atoms with Gasteiger partial charge in [0.05, 0.1) is 15.6 Å². The fourth-order valence-electron chi connectivity index (χ4n) is 2.92. The topological polar surface area (TPSA) is 20.2 Å². The van der Waals surface area contributed by atoms with Crippen molar-refractivity contribution in [2.75, 3.05) is 0 Å². The van der Waals surface area contributed by atoms with Crippen LogP contribution in [-0.4, -0.2) is 5.11 Å². The van der Waals surface area contributed by atoms with E-state index in [-0.39, 0.29) is 21.9 Å². The summed E-state index contributed by atoms with van der Waals surface area (Å²) < 4.78 is 28.3. The van der Waals surface area contributed by atoms with Crippen LogP contribution in [0.15, 0.2) is 16.6 Å². The van der Waals surface area contributed by atoms with Gasteiger partial charge >= 0.3 is 0 Å². The third-order valence-corrected chi connectivity index (χ3v) is 4.91. The molecule has 2 rings (SSSR count). The molecule has 1 fully saturated rings. The third kappa shape index (κ3) is 2.10. The number of benzene rings is 1. The highest BCUT2D eigenvalue weighted by Gasteiger charge is 2.44. The van der Waals surface area contributed by atoms with Crippen LogP contribution >= 0.6 is 15.9 Å². The maximum Gasteiger partial charge on any atom is 0.146 e. The van der Waals surface area contributed by atoms with Gasteiger partial charge in [-0.15, -0.1) is 0 Å². The standard InChI is InChI=1S/C14H17BrF2O/c1-8-4-3-7-14(18,9(8)2)12-11(16)6-5-10(15)13(12)17/h5-6,8-9,18H,3-4,7H2,1-2H3. The van der Waals surface area contributed by atoms with Crippen molar-refractivity contribution in [3.63, 3.8) is 0 Å². The lowest BCUT2D eigenvalue weighted by Gasteiger charge is -2.42. The first kappa shape index (κ1) is 13.9. The number of aliphatic hydroxyl groups is 1. The molecule has 0 heterocycles. The van der Waals surface area contributed by atoms with Crippen molar-refractivity contribution in [3.05, 3.63) is 33.8 Å². The molecule has 0 aliphatic heterocycles. The van der Waals surface area contributed by atoms with Crippen molar-refractivity contribution in [1.29, 1.82) is 0 Å². The van der Waals surface area contributed by atoms with Crippen molar-refractivity contribution in [3.8, 4) is 0 Å². The molecule has 1 aliphatic carbocycles. The molecule has 1 aromatic carbocycles. The minimum absolute atomic E-state index is 0.162. The Labute approximate surface area is 114 Å². The molecule has 0 saturated heterocycles. The van der Waals surface area contributed by atoms with Crippen LogP contribution in [0.5, 0.6) is 0 Å². The molecule has 3 atom stereocenters. The van der Waals surface area contributed by atoms with E-state index in [1.165, 1.54) is 12.1 Å². The van der Waals surface area contributed by atoms with Gasteiger partial charge in [-0.25, -0.2) is 8.78 Å². The zero-order chi connectivity index (χ0) is 13.5. The molecule has 0 spiro atoms. The molecule has 1 nitrogen and oxygen atoms in total. The Morgan fingerprint density at radius 2 is 2.00 bits per heavy atom. The first-order chi connectivity index (χ1) is 8.38. The Bertz CT molecular complexity index is 463. The minimum atomic E-state index is -1.41. The summed E-state index contributed by atoms with van der Waals surface area (Å²) in [7, 11) is 0. The van der Waals surface area contributed by atoms with E-state index >= 15 is 0 Å². The molecule has 1 aromatic rings. The molecular weight excluding hydrogens is 302 g/mol. The van der Waals surface area contributed by atoms with Gasteiger partial charge in [-0.05, 0) is 52.7 Å². The van der Waals surface area contributed by atoms with Gasteiger partial charge in [0.15, 0.2) is 0 Å². The Hall–Kier alpha value is -0.480. The molecule has 0 amide bonds. The lowest BCUT2D eigenvalue weighted by Crippen LogP contribution is -2.42. The van der Waals surface area contributed by atoms with Gasteiger partial charge in [-0.2, -0.15) is 0 Å². The van der Waals surface area contributed by atoms with Crippen LogP contribution in [0.25, 0.3) is 0 Å². The summed E-state index contributed by atoms with van der Waals surface area (Å²) in [6.07, 6.45) is 2.18. The van der Waals surface area contributed by atoms with E-state index in [9.17, 15) is 13.9 Å². The van der Waals surface area contributed by atoms with Crippen LogP contribution in [0.3, 0.4) is 0 Å². The van der Waals surface area contributed by atoms with Gasteiger partial charge in [-0.3, -0.25) is 0 Å². The molecule has 1 saturated carbocycles.